The molecule has 1 aromatic carbocycles. The van der Waals surface area contributed by atoms with Crippen LogP contribution in [0.2, 0.25) is 0 Å². The van der Waals surface area contributed by atoms with Crippen molar-refractivity contribution in [2.75, 3.05) is 33.4 Å². The van der Waals surface area contributed by atoms with Gasteiger partial charge in [-0.1, -0.05) is 26.0 Å². The van der Waals surface area contributed by atoms with E-state index < -0.39 is 0 Å². The molecule has 0 saturated heterocycles. The van der Waals surface area contributed by atoms with Crippen molar-refractivity contribution in [2.24, 2.45) is 5.92 Å². The largest absolute Gasteiger partial charge is 0.493 e. The van der Waals surface area contributed by atoms with E-state index in [1.807, 2.05) is 24.3 Å². The summed E-state index contributed by atoms with van der Waals surface area (Å²) in [7, 11) is 1.64. The predicted octanol–water partition coefficient (Wildman–Crippen LogP) is 2.00. The van der Waals surface area contributed by atoms with Gasteiger partial charge >= 0.3 is 0 Å². The van der Waals surface area contributed by atoms with Gasteiger partial charge in [0.25, 0.3) is 0 Å². The Kier molecular flexibility index (Phi) is 11.5. The highest BCUT2D eigenvalue weighted by molar-refractivity contribution is 5.85. The van der Waals surface area contributed by atoms with Gasteiger partial charge in [0.1, 0.15) is 5.75 Å². The second kappa shape index (κ2) is 12.3. The number of amides is 1. The third-order valence-corrected chi connectivity index (χ3v) is 2.74. The van der Waals surface area contributed by atoms with Crippen molar-refractivity contribution in [3.63, 3.8) is 0 Å². The van der Waals surface area contributed by atoms with Gasteiger partial charge in [0.15, 0.2) is 0 Å². The van der Waals surface area contributed by atoms with Crippen LogP contribution in [0.3, 0.4) is 0 Å². The lowest BCUT2D eigenvalue weighted by molar-refractivity contribution is -0.120. The molecule has 0 atom stereocenters. The van der Waals surface area contributed by atoms with Crippen LogP contribution in [0.25, 0.3) is 0 Å². The zero-order valence-electron chi connectivity index (χ0n) is 13.6. The minimum atomic E-state index is -0.0281. The number of ether oxygens (including phenoxy) is 2. The first-order valence-corrected chi connectivity index (χ1v) is 7.30. The Morgan fingerprint density at radius 2 is 2.09 bits per heavy atom. The number of benzene rings is 1. The van der Waals surface area contributed by atoms with E-state index in [1.165, 1.54) is 0 Å². The van der Waals surface area contributed by atoms with Crippen LogP contribution in [0, 0.1) is 5.92 Å². The van der Waals surface area contributed by atoms with E-state index in [-0.39, 0.29) is 18.3 Å². The lowest BCUT2D eigenvalue weighted by atomic mass is 10.2. The van der Waals surface area contributed by atoms with Crippen molar-refractivity contribution in [1.29, 1.82) is 0 Å². The molecule has 1 amide bonds. The number of halogens is 1. The Balaban J connectivity index is 0.00000441. The fourth-order valence-corrected chi connectivity index (χ4v) is 1.65. The number of nitrogens with one attached hydrogen (secondary N) is 2. The highest BCUT2D eigenvalue weighted by Crippen LogP contribution is 2.14. The zero-order valence-corrected chi connectivity index (χ0v) is 14.4. The van der Waals surface area contributed by atoms with E-state index in [0.29, 0.717) is 38.8 Å². The molecule has 2 N–H and O–H groups in total. The fraction of sp³-hybridized carbons (Fsp3) is 0.562. The van der Waals surface area contributed by atoms with Crippen LogP contribution in [0.5, 0.6) is 5.75 Å². The second-order valence-electron chi connectivity index (χ2n) is 5.30. The number of methoxy groups -OCH3 is 1. The first-order chi connectivity index (χ1) is 10.1. The number of carbonyl (C=O) groups excluding carboxylic acids is 1. The molecule has 126 valence electrons. The summed E-state index contributed by atoms with van der Waals surface area (Å²) >= 11 is 0. The quantitative estimate of drug-likeness (QED) is 0.644. The average Bonchev–Trinajstić information content (AvgIpc) is 2.48. The van der Waals surface area contributed by atoms with Crippen molar-refractivity contribution >= 4 is 18.3 Å². The molecule has 0 bridgehead atoms. The Hall–Kier alpha value is -1.30. The Bertz CT molecular complexity index is 428. The van der Waals surface area contributed by atoms with Gasteiger partial charge in [-0.15, -0.1) is 12.4 Å². The molecule has 1 rings (SSSR count). The van der Waals surface area contributed by atoms with Crippen molar-refractivity contribution in [1.82, 2.24) is 10.6 Å². The van der Waals surface area contributed by atoms with Crippen LogP contribution in [-0.2, 0) is 16.1 Å². The maximum absolute atomic E-state index is 11.6. The van der Waals surface area contributed by atoms with Gasteiger partial charge in [0.05, 0.1) is 19.8 Å². The number of carbonyl (C=O) groups is 1. The second-order valence-corrected chi connectivity index (χ2v) is 5.30. The molecule has 0 fully saturated rings. The Morgan fingerprint density at radius 1 is 1.32 bits per heavy atom. The first kappa shape index (κ1) is 20.7. The van der Waals surface area contributed by atoms with Crippen molar-refractivity contribution in [3.05, 3.63) is 29.8 Å². The third-order valence-electron chi connectivity index (χ3n) is 2.74. The van der Waals surface area contributed by atoms with Crippen molar-refractivity contribution in [2.45, 2.75) is 20.4 Å². The maximum atomic E-state index is 11.6. The van der Waals surface area contributed by atoms with Gasteiger partial charge in [-0.3, -0.25) is 4.79 Å². The van der Waals surface area contributed by atoms with Gasteiger partial charge in [-0.25, -0.2) is 0 Å². The standard InChI is InChI=1S/C16H26N2O3.ClH/c1-13(2)12-21-15-6-4-5-14(9-15)10-18-16(19)11-17-7-8-20-3;/h4-6,9,13,17H,7-8,10-12H2,1-3H3,(H,18,19);1H. The third kappa shape index (κ3) is 9.60. The monoisotopic (exact) mass is 330 g/mol. The molecule has 0 unspecified atom stereocenters. The summed E-state index contributed by atoms with van der Waals surface area (Å²) in [4.78, 5) is 11.6. The van der Waals surface area contributed by atoms with Gasteiger partial charge in [-0.2, -0.15) is 0 Å². The summed E-state index contributed by atoms with van der Waals surface area (Å²) in [5.41, 5.74) is 1.03. The van der Waals surface area contributed by atoms with Crippen LogP contribution in [0.1, 0.15) is 19.4 Å². The number of hydrogen-bond acceptors (Lipinski definition) is 4. The minimum Gasteiger partial charge on any atom is -0.493 e. The molecule has 0 radical (unpaired) electrons. The van der Waals surface area contributed by atoms with Crippen LogP contribution < -0.4 is 15.4 Å². The molecule has 22 heavy (non-hydrogen) atoms. The number of rotatable bonds is 10. The molecule has 5 nitrogen and oxygen atoms in total. The fourth-order valence-electron chi connectivity index (χ4n) is 1.65. The summed E-state index contributed by atoms with van der Waals surface area (Å²) in [5.74, 6) is 1.31. The molecular formula is C16H27ClN2O3. The molecule has 0 spiro atoms. The lowest BCUT2D eigenvalue weighted by Gasteiger charge is -2.11. The van der Waals surface area contributed by atoms with Gasteiger partial charge in [0.2, 0.25) is 5.91 Å². The highest BCUT2D eigenvalue weighted by Gasteiger charge is 2.02. The topological polar surface area (TPSA) is 59.6 Å². The zero-order chi connectivity index (χ0) is 15.5. The summed E-state index contributed by atoms with van der Waals surface area (Å²) in [6.07, 6.45) is 0. The van der Waals surface area contributed by atoms with E-state index >= 15 is 0 Å². The molecule has 0 aromatic heterocycles. The molecule has 0 heterocycles. The van der Waals surface area contributed by atoms with Crippen LogP contribution in [0.15, 0.2) is 24.3 Å². The van der Waals surface area contributed by atoms with Crippen LogP contribution in [0.4, 0.5) is 0 Å². The Labute approximate surface area is 139 Å². The van der Waals surface area contributed by atoms with Crippen molar-refractivity contribution in [3.8, 4) is 5.75 Å². The first-order valence-electron chi connectivity index (χ1n) is 7.30. The molecule has 0 aliphatic heterocycles. The SMILES string of the molecule is COCCNCC(=O)NCc1cccc(OCC(C)C)c1.Cl. The van der Waals surface area contributed by atoms with Crippen molar-refractivity contribution < 1.29 is 14.3 Å². The smallest absolute Gasteiger partial charge is 0.234 e. The minimum absolute atomic E-state index is 0. The normalized spacial score (nSPS) is 10.2. The van der Waals surface area contributed by atoms with E-state index in [2.05, 4.69) is 24.5 Å². The summed E-state index contributed by atoms with van der Waals surface area (Å²) < 4.78 is 10.6. The lowest BCUT2D eigenvalue weighted by Crippen LogP contribution is -2.34. The molecule has 1 aromatic rings. The molecule has 0 saturated carbocycles. The summed E-state index contributed by atoms with van der Waals surface area (Å²) in [6.45, 7) is 6.99. The summed E-state index contributed by atoms with van der Waals surface area (Å²) in [5, 5.41) is 5.87. The van der Waals surface area contributed by atoms with Gasteiger partial charge in [-0.05, 0) is 23.6 Å². The van der Waals surface area contributed by atoms with Gasteiger partial charge < -0.3 is 20.1 Å². The van der Waals surface area contributed by atoms with Gasteiger partial charge in [0, 0.05) is 20.2 Å². The van der Waals surface area contributed by atoms with E-state index in [4.69, 9.17) is 9.47 Å². The van der Waals surface area contributed by atoms with E-state index in [0.717, 1.165) is 11.3 Å². The predicted molar refractivity (Wildman–Crippen MR) is 90.6 cm³/mol. The van der Waals surface area contributed by atoms with E-state index in [1.54, 1.807) is 7.11 Å². The Morgan fingerprint density at radius 3 is 2.77 bits per heavy atom. The van der Waals surface area contributed by atoms with E-state index in [9.17, 15) is 4.79 Å². The molecular weight excluding hydrogens is 304 g/mol. The molecule has 0 aliphatic rings. The molecule has 0 aliphatic carbocycles. The van der Waals surface area contributed by atoms with Crippen LogP contribution in [-0.4, -0.2) is 39.3 Å². The highest BCUT2D eigenvalue weighted by atomic mass is 35.5. The van der Waals surface area contributed by atoms with Crippen LogP contribution >= 0.6 is 12.4 Å². The molecule has 6 heteroatoms. The maximum Gasteiger partial charge on any atom is 0.234 e. The average molecular weight is 331 g/mol. The summed E-state index contributed by atoms with van der Waals surface area (Å²) in [6, 6.07) is 7.80. The number of hydrogen-bond donors (Lipinski definition) is 2.